The lowest BCUT2D eigenvalue weighted by Crippen LogP contribution is -2.44. The van der Waals surface area contributed by atoms with Gasteiger partial charge in [-0.2, -0.15) is 0 Å². The van der Waals surface area contributed by atoms with E-state index in [4.69, 9.17) is 0 Å². The SMILES string of the molecule is CC1(C)CCCC1C(=O)NCCCN1CCNCC1. The fraction of sp³-hybridized carbons (Fsp3) is 0.933. The Morgan fingerprint density at radius 2 is 2.11 bits per heavy atom. The Hall–Kier alpha value is -0.610. The average molecular weight is 267 g/mol. The van der Waals surface area contributed by atoms with Crippen LogP contribution in [-0.4, -0.2) is 50.1 Å². The first kappa shape index (κ1) is 14.8. The van der Waals surface area contributed by atoms with Crippen LogP contribution in [0, 0.1) is 11.3 Å². The molecule has 0 bridgehead atoms. The van der Waals surface area contributed by atoms with Crippen LogP contribution in [0.25, 0.3) is 0 Å². The summed E-state index contributed by atoms with van der Waals surface area (Å²) in [5.41, 5.74) is 0.197. The highest BCUT2D eigenvalue weighted by atomic mass is 16.1. The molecule has 4 heteroatoms. The molecule has 1 aliphatic carbocycles. The molecule has 1 amide bonds. The first-order chi connectivity index (χ1) is 9.09. The number of carbonyl (C=O) groups excluding carboxylic acids is 1. The van der Waals surface area contributed by atoms with Gasteiger partial charge in [0.2, 0.25) is 5.91 Å². The highest BCUT2D eigenvalue weighted by molar-refractivity contribution is 5.79. The summed E-state index contributed by atoms with van der Waals surface area (Å²) in [6.07, 6.45) is 4.52. The monoisotopic (exact) mass is 267 g/mol. The van der Waals surface area contributed by atoms with Crippen molar-refractivity contribution in [1.82, 2.24) is 15.5 Å². The molecule has 2 rings (SSSR count). The van der Waals surface area contributed by atoms with E-state index in [2.05, 4.69) is 29.4 Å². The quantitative estimate of drug-likeness (QED) is 0.736. The van der Waals surface area contributed by atoms with Gasteiger partial charge in [0.15, 0.2) is 0 Å². The molecule has 2 aliphatic rings. The maximum Gasteiger partial charge on any atom is 0.223 e. The van der Waals surface area contributed by atoms with Crippen molar-refractivity contribution < 1.29 is 4.79 Å². The largest absolute Gasteiger partial charge is 0.356 e. The number of rotatable bonds is 5. The Morgan fingerprint density at radius 1 is 1.37 bits per heavy atom. The van der Waals surface area contributed by atoms with Crippen molar-refractivity contribution in [2.24, 2.45) is 11.3 Å². The van der Waals surface area contributed by atoms with Gasteiger partial charge in [-0.25, -0.2) is 0 Å². The molecule has 0 aromatic rings. The lowest BCUT2D eigenvalue weighted by atomic mass is 9.81. The molecule has 19 heavy (non-hydrogen) atoms. The summed E-state index contributed by atoms with van der Waals surface area (Å²) < 4.78 is 0. The minimum absolute atomic E-state index is 0.197. The predicted molar refractivity (Wildman–Crippen MR) is 78.1 cm³/mol. The van der Waals surface area contributed by atoms with Gasteiger partial charge in [0, 0.05) is 38.6 Å². The zero-order valence-corrected chi connectivity index (χ0v) is 12.5. The Balaban J connectivity index is 1.61. The van der Waals surface area contributed by atoms with E-state index in [0.717, 1.165) is 52.1 Å². The minimum Gasteiger partial charge on any atom is -0.356 e. The molecule has 1 unspecified atom stereocenters. The molecular weight excluding hydrogens is 238 g/mol. The number of hydrogen-bond acceptors (Lipinski definition) is 3. The minimum atomic E-state index is 0.197. The van der Waals surface area contributed by atoms with Crippen LogP contribution in [0.4, 0.5) is 0 Å². The normalized spacial score (nSPS) is 27.4. The second-order valence-electron chi connectivity index (χ2n) is 6.67. The molecular formula is C15H29N3O. The molecule has 0 spiro atoms. The zero-order chi connectivity index (χ0) is 13.7. The van der Waals surface area contributed by atoms with Gasteiger partial charge in [-0.15, -0.1) is 0 Å². The van der Waals surface area contributed by atoms with Gasteiger partial charge < -0.3 is 15.5 Å². The van der Waals surface area contributed by atoms with E-state index < -0.39 is 0 Å². The Morgan fingerprint density at radius 3 is 2.74 bits per heavy atom. The topological polar surface area (TPSA) is 44.4 Å². The number of hydrogen-bond donors (Lipinski definition) is 2. The van der Waals surface area contributed by atoms with E-state index in [0.29, 0.717) is 0 Å². The van der Waals surface area contributed by atoms with Crippen molar-refractivity contribution in [2.45, 2.75) is 39.5 Å². The van der Waals surface area contributed by atoms with Crippen LogP contribution < -0.4 is 10.6 Å². The molecule has 0 aromatic carbocycles. The van der Waals surface area contributed by atoms with Crippen molar-refractivity contribution in [3.05, 3.63) is 0 Å². The van der Waals surface area contributed by atoms with Crippen molar-refractivity contribution in [3.8, 4) is 0 Å². The van der Waals surface area contributed by atoms with E-state index in [1.54, 1.807) is 0 Å². The second-order valence-corrected chi connectivity index (χ2v) is 6.67. The summed E-state index contributed by atoms with van der Waals surface area (Å²) in [6, 6.07) is 0. The number of nitrogens with one attached hydrogen (secondary N) is 2. The lowest BCUT2D eigenvalue weighted by Gasteiger charge is -2.28. The summed E-state index contributed by atoms with van der Waals surface area (Å²) >= 11 is 0. The van der Waals surface area contributed by atoms with Gasteiger partial charge in [0.1, 0.15) is 0 Å². The van der Waals surface area contributed by atoms with Crippen LogP contribution in [-0.2, 0) is 4.79 Å². The van der Waals surface area contributed by atoms with Crippen LogP contribution in [0.5, 0.6) is 0 Å². The van der Waals surface area contributed by atoms with Crippen molar-refractivity contribution >= 4 is 5.91 Å². The lowest BCUT2D eigenvalue weighted by molar-refractivity contribution is -0.127. The van der Waals surface area contributed by atoms with Crippen LogP contribution >= 0.6 is 0 Å². The summed E-state index contributed by atoms with van der Waals surface area (Å²) in [5.74, 6) is 0.509. The van der Waals surface area contributed by atoms with Gasteiger partial charge in [-0.1, -0.05) is 20.3 Å². The van der Waals surface area contributed by atoms with Crippen LogP contribution in [0.1, 0.15) is 39.5 Å². The van der Waals surface area contributed by atoms with Gasteiger partial charge >= 0.3 is 0 Å². The number of piperazine rings is 1. The Kier molecular flexibility index (Phi) is 5.22. The first-order valence-corrected chi connectivity index (χ1v) is 7.80. The molecule has 1 saturated heterocycles. The Bertz CT molecular complexity index is 298. The number of amides is 1. The predicted octanol–water partition coefficient (Wildman–Crippen LogP) is 1.22. The maximum atomic E-state index is 12.2. The van der Waals surface area contributed by atoms with Crippen LogP contribution in [0.2, 0.25) is 0 Å². The highest BCUT2D eigenvalue weighted by Gasteiger charge is 2.38. The molecule has 1 atom stereocenters. The van der Waals surface area contributed by atoms with Gasteiger partial charge in [0.25, 0.3) is 0 Å². The van der Waals surface area contributed by atoms with Crippen LogP contribution in [0.15, 0.2) is 0 Å². The first-order valence-electron chi connectivity index (χ1n) is 7.80. The van der Waals surface area contributed by atoms with Crippen LogP contribution in [0.3, 0.4) is 0 Å². The zero-order valence-electron chi connectivity index (χ0n) is 12.5. The van der Waals surface area contributed by atoms with Crippen molar-refractivity contribution in [2.75, 3.05) is 39.3 Å². The van der Waals surface area contributed by atoms with Crippen molar-refractivity contribution in [3.63, 3.8) is 0 Å². The summed E-state index contributed by atoms with van der Waals surface area (Å²) in [4.78, 5) is 14.7. The summed E-state index contributed by atoms with van der Waals surface area (Å²) in [6.45, 7) is 10.9. The van der Waals surface area contributed by atoms with E-state index in [1.807, 2.05) is 0 Å². The van der Waals surface area contributed by atoms with E-state index in [-0.39, 0.29) is 17.2 Å². The van der Waals surface area contributed by atoms with Crippen molar-refractivity contribution in [1.29, 1.82) is 0 Å². The smallest absolute Gasteiger partial charge is 0.223 e. The molecule has 110 valence electrons. The molecule has 1 aliphatic heterocycles. The average Bonchev–Trinajstić information content (AvgIpc) is 2.75. The third-order valence-electron chi connectivity index (χ3n) is 4.73. The molecule has 1 saturated carbocycles. The van der Waals surface area contributed by atoms with Gasteiger partial charge in [0.05, 0.1) is 0 Å². The molecule has 2 N–H and O–H groups in total. The summed E-state index contributed by atoms with van der Waals surface area (Å²) in [5, 5.41) is 6.50. The molecule has 0 radical (unpaired) electrons. The third-order valence-corrected chi connectivity index (χ3v) is 4.73. The van der Waals surface area contributed by atoms with E-state index >= 15 is 0 Å². The fourth-order valence-electron chi connectivity index (χ4n) is 3.38. The van der Waals surface area contributed by atoms with E-state index in [1.165, 1.54) is 12.8 Å². The standard InChI is InChI=1S/C15H29N3O/c1-15(2)6-3-5-13(15)14(19)17-7-4-10-18-11-8-16-9-12-18/h13,16H,3-12H2,1-2H3,(H,17,19). The fourth-order valence-corrected chi connectivity index (χ4v) is 3.38. The van der Waals surface area contributed by atoms with Gasteiger partial charge in [-0.05, 0) is 31.2 Å². The number of carbonyl (C=O) groups is 1. The molecule has 1 heterocycles. The van der Waals surface area contributed by atoms with Gasteiger partial charge in [-0.3, -0.25) is 4.79 Å². The number of nitrogens with zero attached hydrogens (tertiary/aromatic N) is 1. The molecule has 4 nitrogen and oxygen atoms in total. The second kappa shape index (κ2) is 6.71. The summed E-state index contributed by atoms with van der Waals surface area (Å²) in [7, 11) is 0. The third kappa shape index (κ3) is 4.18. The van der Waals surface area contributed by atoms with E-state index in [9.17, 15) is 4.79 Å². The maximum absolute atomic E-state index is 12.2. The highest BCUT2D eigenvalue weighted by Crippen LogP contribution is 2.42. The Labute approximate surface area is 117 Å². The molecule has 0 aromatic heterocycles. The molecule has 2 fully saturated rings.